The quantitative estimate of drug-likeness (QED) is 0.649. The first-order chi connectivity index (χ1) is 6.14. The number of allylic oxidation sites excluding steroid dienone is 4. The van der Waals surface area contributed by atoms with Gasteiger partial charge in [0.1, 0.15) is 0 Å². The molecule has 0 aromatic heterocycles. The van der Waals surface area contributed by atoms with Gasteiger partial charge in [-0.3, -0.25) is 4.79 Å². The summed E-state index contributed by atoms with van der Waals surface area (Å²) in [6.45, 7) is 3.28. The lowest BCUT2D eigenvalue weighted by molar-refractivity contribution is -0.140. The highest BCUT2D eigenvalue weighted by atomic mass is 16.4. The Hall–Kier alpha value is -1.51. The van der Waals surface area contributed by atoms with Gasteiger partial charge in [0.15, 0.2) is 0 Å². The Balaban J connectivity index is 0.000000226. The zero-order valence-electron chi connectivity index (χ0n) is 7.90. The van der Waals surface area contributed by atoms with Crippen LogP contribution in [0.25, 0.3) is 0 Å². The van der Waals surface area contributed by atoms with Gasteiger partial charge in [0.2, 0.25) is 0 Å². The summed E-state index contributed by atoms with van der Waals surface area (Å²) in [5.74, 6) is -0.972. The van der Waals surface area contributed by atoms with Crippen LogP contribution in [-0.4, -0.2) is 11.1 Å². The molecule has 0 radical (unpaired) electrons. The van der Waals surface area contributed by atoms with E-state index in [9.17, 15) is 4.79 Å². The average molecular weight is 181 g/mol. The molecular weight excluding hydrogens is 166 g/mol. The molecule has 0 aromatic rings. The molecule has 0 atom stereocenters. The van der Waals surface area contributed by atoms with Gasteiger partial charge >= 0.3 is 5.97 Å². The van der Waals surface area contributed by atoms with E-state index in [0.29, 0.717) is 0 Å². The number of hydrogen-bond acceptors (Lipinski definition) is 2. The topological polar surface area (TPSA) is 49.3 Å². The van der Waals surface area contributed by atoms with Crippen molar-refractivity contribution in [3.8, 4) is 0 Å². The monoisotopic (exact) mass is 181 g/mol. The third kappa shape index (κ3) is 8.40. The van der Waals surface area contributed by atoms with Gasteiger partial charge in [-0.15, -0.1) is 0 Å². The highest BCUT2D eigenvalue weighted by Crippen LogP contribution is 1.87. The normalized spacial score (nSPS) is 12.8. The van der Waals surface area contributed by atoms with Crippen molar-refractivity contribution in [1.82, 2.24) is 5.32 Å². The van der Waals surface area contributed by atoms with Gasteiger partial charge in [-0.05, 0) is 12.2 Å². The minimum atomic E-state index is -0.741. The molecule has 0 spiro atoms. The second-order valence-electron chi connectivity index (χ2n) is 2.76. The molecule has 2 N–H and O–H groups in total. The molecule has 0 saturated carbocycles. The average Bonchev–Trinajstić information content (AvgIpc) is 2.35. The molecule has 0 unspecified atom stereocenters. The molecule has 0 fully saturated rings. The van der Waals surface area contributed by atoms with Gasteiger partial charge in [0.05, 0.1) is 5.92 Å². The molecule has 1 aliphatic rings. The molecule has 1 rings (SSSR count). The molecule has 0 bridgehead atoms. The fourth-order valence-corrected chi connectivity index (χ4v) is 0.406. The van der Waals surface area contributed by atoms with E-state index < -0.39 is 5.97 Å². The molecular formula is C10H15NO2. The van der Waals surface area contributed by atoms with E-state index in [1.165, 1.54) is 0 Å². The summed E-state index contributed by atoms with van der Waals surface area (Å²) in [5, 5.41) is 10.9. The van der Waals surface area contributed by atoms with Crippen LogP contribution in [-0.2, 0) is 4.79 Å². The molecule has 0 aliphatic carbocycles. The van der Waals surface area contributed by atoms with Gasteiger partial charge in [0.25, 0.3) is 0 Å². The van der Waals surface area contributed by atoms with Gasteiger partial charge in [-0.25, -0.2) is 0 Å². The maximum atomic E-state index is 9.70. The van der Waals surface area contributed by atoms with Crippen LogP contribution in [0.2, 0.25) is 0 Å². The largest absolute Gasteiger partial charge is 0.481 e. The number of carboxylic acid groups (broad SMARTS) is 1. The van der Waals surface area contributed by atoms with Crippen molar-refractivity contribution >= 4 is 5.97 Å². The van der Waals surface area contributed by atoms with Crippen LogP contribution in [0.15, 0.2) is 36.7 Å². The van der Waals surface area contributed by atoms with Crippen molar-refractivity contribution in [1.29, 1.82) is 0 Å². The van der Waals surface area contributed by atoms with Crippen LogP contribution in [0.1, 0.15) is 13.8 Å². The van der Waals surface area contributed by atoms with Crippen LogP contribution in [0, 0.1) is 5.92 Å². The molecule has 0 aromatic carbocycles. The first kappa shape index (κ1) is 11.5. The van der Waals surface area contributed by atoms with Crippen LogP contribution in [0.4, 0.5) is 0 Å². The number of carboxylic acids is 1. The Bertz CT molecular complexity index is 213. The van der Waals surface area contributed by atoms with Gasteiger partial charge in [0, 0.05) is 12.4 Å². The minimum absolute atomic E-state index is 0.231. The van der Waals surface area contributed by atoms with Crippen molar-refractivity contribution < 1.29 is 9.90 Å². The summed E-state index contributed by atoms with van der Waals surface area (Å²) in [4.78, 5) is 9.70. The number of hydrogen-bond donors (Lipinski definition) is 2. The Morgan fingerprint density at radius 3 is 1.85 bits per heavy atom. The lowest BCUT2D eigenvalue weighted by Crippen LogP contribution is -2.03. The summed E-state index contributed by atoms with van der Waals surface area (Å²) < 4.78 is 0. The van der Waals surface area contributed by atoms with Gasteiger partial charge in [-0.2, -0.15) is 0 Å². The summed E-state index contributed by atoms with van der Waals surface area (Å²) in [7, 11) is 0. The van der Waals surface area contributed by atoms with Crippen molar-refractivity contribution in [2.75, 3.05) is 0 Å². The fourth-order valence-electron chi connectivity index (χ4n) is 0.406. The highest BCUT2D eigenvalue weighted by Gasteiger charge is 1.99. The van der Waals surface area contributed by atoms with E-state index in [1.807, 2.05) is 36.7 Å². The second-order valence-corrected chi connectivity index (χ2v) is 2.76. The van der Waals surface area contributed by atoms with Crippen molar-refractivity contribution in [2.24, 2.45) is 5.92 Å². The first-order valence-corrected chi connectivity index (χ1v) is 4.12. The molecule has 3 heteroatoms. The maximum absolute atomic E-state index is 9.70. The third-order valence-electron chi connectivity index (χ3n) is 1.21. The first-order valence-electron chi connectivity index (χ1n) is 4.12. The maximum Gasteiger partial charge on any atom is 0.305 e. The van der Waals surface area contributed by atoms with E-state index in [0.717, 1.165) is 0 Å². The van der Waals surface area contributed by atoms with Crippen molar-refractivity contribution in [3.05, 3.63) is 36.7 Å². The summed E-state index contributed by atoms with van der Waals surface area (Å²) in [6.07, 6.45) is 11.6. The molecule has 0 amide bonds. The Kier molecular flexibility index (Phi) is 6.32. The van der Waals surface area contributed by atoms with E-state index in [4.69, 9.17) is 5.11 Å². The number of carbonyl (C=O) groups is 1. The zero-order valence-corrected chi connectivity index (χ0v) is 7.90. The SMILES string of the molecule is C1=CC=CNC=C1.CC(C)C(=O)O. The van der Waals surface area contributed by atoms with E-state index >= 15 is 0 Å². The molecule has 0 saturated heterocycles. The van der Waals surface area contributed by atoms with Gasteiger partial charge < -0.3 is 10.4 Å². The van der Waals surface area contributed by atoms with Crippen LogP contribution >= 0.6 is 0 Å². The molecule has 13 heavy (non-hydrogen) atoms. The molecule has 3 nitrogen and oxygen atoms in total. The van der Waals surface area contributed by atoms with E-state index in [-0.39, 0.29) is 5.92 Å². The summed E-state index contributed by atoms with van der Waals surface area (Å²) >= 11 is 0. The lowest BCUT2D eigenvalue weighted by atomic mass is 10.2. The van der Waals surface area contributed by atoms with Gasteiger partial charge in [-0.1, -0.05) is 26.0 Å². The smallest absolute Gasteiger partial charge is 0.305 e. The molecule has 1 heterocycles. The number of rotatable bonds is 1. The van der Waals surface area contributed by atoms with Crippen LogP contribution < -0.4 is 5.32 Å². The molecule has 1 aliphatic heterocycles. The van der Waals surface area contributed by atoms with Crippen molar-refractivity contribution in [3.63, 3.8) is 0 Å². The second kappa shape index (κ2) is 7.16. The molecule has 72 valence electrons. The lowest BCUT2D eigenvalue weighted by Gasteiger charge is -1.89. The summed E-state index contributed by atoms with van der Waals surface area (Å²) in [5.41, 5.74) is 0. The van der Waals surface area contributed by atoms with E-state index in [1.54, 1.807) is 13.8 Å². The third-order valence-corrected chi connectivity index (χ3v) is 1.21. The standard InChI is InChI=1S/C6H7N.C4H8O2/c1-2-4-6-7-5-3-1;1-3(2)4(5)6/h1-7H;3H,1-2H3,(H,5,6). The number of aliphatic carboxylic acids is 1. The Morgan fingerprint density at radius 1 is 1.15 bits per heavy atom. The predicted molar refractivity (Wildman–Crippen MR) is 53.0 cm³/mol. The fraction of sp³-hybridized carbons (Fsp3) is 0.300. The van der Waals surface area contributed by atoms with Crippen LogP contribution in [0.3, 0.4) is 0 Å². The van der Waals surface area contributed by atoms with E-state index in [2.05, 4.69) is 5.32 Å². The summed E-state index contributed by atoms with van der Waals surface area (Å²) in [6, 6.07) is 0. The Labute approximate surface area is 78.5 Å². The minimum Gasteiger partial charge on any atom is -0.481 e. The highest BCUT2D eigenvalue weighted by molar-refractivity contribution is 5.68. The van der Waals surface area contributed by atoms with Crippen LogP contribution in [0.5, 0.6) is 0 Å². The zero-order chi connectivity index (χ0) is 10.1. The number of nitrogens with one attached hydrogen (secondary N) is 1. The predicted octanol–water partition coefficient (Wildman–Crippen LogP) is 1.90. The Morgan fingerprint density at radius 2 is 1.54 bits per heavy atom. The van der Waals surface area contributed by atoms with Crippen molar-refractivity contribution in [2.45, 2.75) is 13.8 Å².